The maximum Gasteiger partial charge on any atom is 0.310 e. The monoisotopic (exact) mass is 357 g/mol. The zero-order valence-electron chi connectivity index (χ0n) is 15.0. The van der Waals surface area contributed by atoms with Crippen LogP contribution in [0.4, 0.5) is 5.69 Å². The fourth-order valence-electron chi connectivity index (χ4n) is 2.23. The molecule has 0 saturated carbocycles. The van der Waals surface area contributed by atoms with Gasteiger partial charge in [0.25, 0.3) is 5.91 Å². The molecule has 0 aliphatic rings. The summed E-state index contributed by atoms with van der Waals surface area (Å²) in [5, 5.41) is 2.66. The molecule has 0 spiro atoms. The average molecular weight is 357 g/mol. The van der Waals surface area contributed by atoms with Crippen LogP contribution >= 0.6 is 0 Å². The van der Waals surface area contributed by atoms with Gasteiger partial charge in [0.2, 0.25) is 0 Å². The highest BCUT2D eigenvalue weighted by Crippen LogP contribution is 2.15. The number of benzene rings is 2. The van der Waals surface area contributed by atoms with Gasteiger partial charge in [-0.05, 0) is 55.8 Å². The van der Waals surface area contributed by atoms with Crippen LogP contribution < -0.4 is 14.8 Å². The Morgan fingerprint density at radius 3 is 1.92 bits per heavy atom. The molecule has 0 bridgehead atoms. The summed E-state index contributed by atoms with van der Waals surface area (Å²) in [7, 11) is 0. The molecule has 1 amide bonds. The number of carbonyl (C=O) groups is 2. The minimum atomic E-state index is -0.462. The third kappa shape index (κ3) is 6.47. The molecule has 0 heterocycles. The highest BCUT2D eigenvalue weighted by molar-refractivity contribution is 5.92. The van der Waals surface area contributed by atoms with Gasteiger partial charge < -0.3 is 19.5 Å². The average Bonchev–Trinajstić information content (AvgIpc) is 2.64. The lowest BCUT2D eigenvalue weighted by atomic mass is 10.1. The molecule has 6 nitrogen and oxygen atoms in total. The van der Waals surface area contributed by atoms with Gasteiger partial charge >= 0.3 is 5.97 Å². The van der Waals surface area contributed by atoms with E-state index >= 15 is 0 Å². The van der Waals surface area contributed by atoms with E-state index in [1.54, 1.807) is 48.5 Å². The van der Waals surface area contributed by atoms with Crippen LogP contribution in [0.3, 0.4) is 0 Å². The largest absolute Gasteiger partial charge is 0.494 e. The van der Waals surface area contributed by atoms with Crippen molar-refractivity contribution in [2.24, 2.45) is 0 Å². The summed E-state index contributed by atoms with van der Waals surface area (Å²) in [4.78, 5) is 23.7. The van der Waals surface area contributed by atoms with Gasteiger partial charge in [0.1, 0.15) is 11.5 Å². The van der Waals surface area contributed by atoms with Crippen LogP contribution in [-0.2, 0) is 20.7 Å². The Bertz CT molecular complexity index is 646. The molecular weight excluding hydrogens is 334 g/mol. The maximum absolute atomic E-state index is 11.9. The lowest BCUT2D eigenvalue weighted by Crippen LogP contribution is -2.21. The topological polar surface area (TPSA) is 73.9 Å². The molecule has 0 aliphatic heterocycles. The molecule has 0 fully saturated rings. The first-order valence-corrected chi connectivity index (χ1v) is 8.50. The van der Waals surface area contributed by atoms with Crippen LogP contribution in [0.5, 0.6) is 11.5 Å². The molecule has 138 valence electrons. The number of amides is 1. The lowest BCUT2D eigenvalue weighted by molar-refractivity contribution is -0.146. The minimum absolute atomic E-state index is 0.0999. The third-order valence-electron chi connectivity index (χ3n) is 3.40. The van der Waals surface area contributed by atoms with Gasteiger partial charge in [0, 0.05) is 5.69 Å². The Kier molecular flexibility index (Phi) is 7.49. The Labute approximate surface area is 153 Å². The Morgan fingerprint density at radius 1 is 0.846 bits per heavy atom. The molecule has 0 saturated heterocycles. The molecule has 0 aromatic heterocycles. The first kappa shape index (κ1) is 19.3. The number of hydrogen-bond acceptors (Lipinski definition) is 5. The number of esters is 1. The van der Waals surface area contributed by atoms with Crippen LogP contribution in [0.1, 0.15) is 19.4 Å². The smallest absolute Gasteiger partial charge is 0.310 e. The van der Waals surface area contributed by atoms with Gasteiger partial charge in [-0.3, -0.25) is 9.59 Å². The lowest BCUT2D eigenvalue weighted by Gasteiger charge is -2.08. The van der Waals surface area contributed by atoms with Crippen molar-refractivity contribution >= 4 is 17.6 Å². The van der Waals surface area contributed by atoms with E-state index in [9.17, 15) is 9.59 Å². The van der Waals surface area contributed by atoms with Crippen LogP contribution in [0.2, 0.25) is 0 Å². The number of ether oxygens (including phenoxy) is 3. The summed E-state index contributed by atoms with van der Waals surface area (Å²) >= 11 is 0. The fraction of sp³-hybridized carbons (Fsp3) is 0.300. The summed E-state index contributed by atoms with van der Waals surface area (Å²) in [6, 6.07) is 14.2. The molecule has 0 atom stereocenters. The van der Waals surface area contributed by atoms with Gasteiger partial charge in [-0.1, -0.05) is 12.1 Å². The summed E-state index contributed by atoms with van der Waals surface area (Å²) in [6.45, 7) is 4.64. The summed E-state index contributed by atoms with van der Waals surface area (Å²) < 4.78 is 15.7. The highest BCUT2D eigenvalue weighted by Gasteiger charge is 2.09. The van der Waals surface area contributed by atoms with Crippen molar-refractivity contribution in [1.29, 1.82) is 0 Å². The van der Waals surface area contributed by atoms with E-state index in [-0.39, 0.29) is 13.0 Å². The van der Waals surface area contributed by atoms with Crippen LogP contribution in [-0.4, -0.2) is 31.7 Å². The van der Waals surface area contributed by atoms with Crippen molar-refractivity contribution in [3.05, 3.63) is 54.1 Å². The van der Waals surface area contributed by atoms with Crippen molar-refractivity contribution in [2.75, 3.05) is 25.1 Å². The summed E-state index contributed by atoms with van der Waals surface area (Å²) in [5.41, 5.74) is 1.41. The molecule has 2 aromatic carbocycles. The van der Waals surface area contributed by atoms with Gasteiger partial charge in [0.15, 0.2) is 6.61 Å². The molecule has 1 N–H and O–H groups in total. The minimum Gasteiger partial charge on any atom is -0.494 e. The van der Waals surface area contributed by atoms with E-state index < -0.39 is 11.9 Å². The second-order valence-electron chi connectivity index (χ2n) is 5.42. The summed E-state index contributed by atoms with van der Waals surface area (Å²) in [6.07, 6.45) is 0.0999. The number of anilines is 1. The molecule has 6 heteroatoms. The van der Waals surface area contributed by atoms with Gasteiger partial charge in [-0.15, -0.1) is 0 Å². The quantitative estimate of drug-likeness (QED) is 0.698. The van der Waals surface area contributed by atoms with Crippen LogP contribution in [0.25, 0.3) is 0 Å². The number of hydrogen-bond donors (Lipinski definition) is 1. The van der Waals surface area contributed by atoms with Crippen molar-refractivity contribution in [1.82, 2.24) is 0 Å². The third-order valence-corrected chi connectivity index (χ3v) is 3.40. The molecule has 2 rings (SSSR count). The molecular formula is C20H23NO5. The predicted octanol–water partition coefficient (Wildman–Crippen LogP) is 3.21. The van der Waals surface area contributed by atoms with Crippen LogP contribution in [0.15, 0.2) is 48.5 Å². The first-order chi connectivity index (χ1) is 12.6. The zero-order chi connectivity index (χ0) is 18.8. The Morgan fingerprint density at radius 2 is 1.38 bits per heavy atom. The highest BCUT2D eigenvalue weighted by atomic mass is 16.5. The molecule has 26 heavy (non-hydrogen) atoms. The van der Waals surface area contributed by atoms with E-state index in [2.05, 4.69) is 5.32 Å². The zero-order valence-corrected chi connectivity index (χ0v) is 15.0. The predicted molar refractivity (Wildman–Crippen MR) is 98.5 cm³/mol. The normalized spacial score (nSPS) is 10.1. The number of nitrogens with one attached hydrogen (secondary N) is 1. The van der Waals surface area contributed by atoms with E-state index in [0.717, 1.165) is 17.1 Å². The molecule has 0 aliphatic carbocycles. The van der Waals surface area contributed by atoms with Gasteiger partial charge in [0.05, 0.1) is 19.6 Å². The van der Waals surface area contributed by atoms with E-state index in [1.165, 1.54) is 0 Å². The van der Waals surface area contributed by atoms with Crippen molar-refractivity contribution in [2.45, 2.75) is 20.3 Å². The van der Waals surface area contributed by atoms with Crippen LogP contribution in [0, 0.1) is 0 Å². The fourth-order valence-corrected chi connectivity index (χ4v) is 2.23. The number of rotatable bonds is 9. The first-order valence-electron chi connectivity index (χ1n) is 8.50. The Hall–Kier alpha value is -3.02. The van der Waals surface area contributed by atoms with Crippen molar-refractivity contribution < 1.29 is 23.8 Å². The molecule has 2 aromatic rings. The Balaban J connectivity index is 1.74. The number of carbonyl (C=O) groups excluding carboxylic acids is 2. The van der Waals surface area contributed by atoms with Gasteiger partial charge in [-0.25, -0.2) is 0 Å². The van der Waals surface area contributed by atoms with E-state index in [4.69, 9.17) is 14.2 Å². The standard InChI is InChI=1S/C20H23NO5/c1-3-24-17-9-5-15(6-10-17)13-20(23)26-14-19(22)21-16-7-11-18(12-8-16)25-4-2/h5-12H,3-4,13-14H2,1-2H3,(H,21,22). The second kappa shape index (κ2) is 10.1. The van der Waals surface area contributed by atoms with Crippen molar-refractivity contribution in [3.63, 3.8) is 0 Å². The molecule has 0 radical (unpaired) electrons. The second-order valence-corrected chi connectivity index (χ2v) is 5.42. The molecule has 0 unspecified atom stereocenters. The van der Waals surface area contributed by atoms with E-state index in [0.29, 0.717) is 18.9 Å². The summed E-state index contributed by atoms with van der Waals surface area (Å²) in [5.74, 6) is 0.622. The van der Waals surface area contributed by atoms with E-state index in [1.807, 2.05) is 13.8 Å². The van der Waals surface area contributed by atoms with Crippen molar-refractivity contribution in [3.8, 4) is 11.5 Å². The van der Waals surface area contributed by atoms with Gasteiger partial charge in [-0.2, -0.15) is 0 Å². The SMILES string of the molecule is CCOc1ccc(CC(=O)OCC(=O)Nc2ccc(OCC)cc2)cc1. The maximum atomic E-state index is 11.9.